The molecule has 0 aromatic carbocycles. The zero-order valence-electron chi connectivity index (χ0n) is 19.0. The van der Waals surface area contributed by atoms with Crippen LogP contribution in [-0.4, -0.2) is 57.6 Å². The lowest BCUT2D eigenvalue weighted by atomic mass is 10.0. The molecule has 0 spiro atoms. The number of rotatable bonds is 4. The van der Waals surface area contributed by atoms with Crippen LogP contribution in [0.4, 0.5) is 17.3 Å². The van der Waals surface area contributed by atoms with E-state index in [4.69, 9.17) is 9.97 Å². The summed E-state index contributed by atoms with van der Waals surface area (Å²) in [5.41, 5.74) is 6.64. The number of fused-ring (bicyclic) bond motifs is 2. The minimum Gasteiger partial charge on any atom is -0.354 e. The maximum Gasteiger partial charge on any atom is 0.140 e. The van der Waals surface area contributed by atoms with Gasteiger partial charge < -0.3 is 25.0 Å². The molecule has 0 aliphatic carbocycles. The van der Waals surface area contributed by atoms with E-state index in [1.807, 2.05) is 30.1 Å². The van der Waals surface area contributed by atoms with E-state index in [9.17, 15) is 0 Å². The van der Waals surface area contributed by atoms with Crippen LogP contribution in [-0.2, 0) is 20.1 Å². The van der Waals surface area contributed by atoms with E-state index in [2.05, 4.69) is 62.9 Å². The Kier molecular flexibility index (Phi) is 4.96. The van der Waals surface area contributed by atoms with Gasteiger partial charge in [-0.2, -0.15) is 0 Å². The van der Waals surface area contributed by atoms with Crippen molar-refractivity contribution in [3.63, 3.8) is 0 Å². The fourth-order valence-electron chi connectivity index (χ4n) is 4.85. The van der Waals surface area contributed by atoms with Gasteiger partial charge in [-0.25, -0.2) is 9.97 Å². The van der Waals surface area contributed by atoms with Crippen molar-refractivity contribution in [2.24, 2.45) is 7.05 Å². The average Bonchev–Trinajstić information content (AvgIpc) is 3.48. The number of aromatic nitrogens is 4. The van der Waals surface area contributed by atoms with Crippen molar-refractivity contribution in [2.75, 3.05) is 43.4 Å². The molecule has 0 unspecified atom stereocenters. The first-order valence-electron chi connectivity index (χ1n) is 11.5. The second kappa shape index (κ2) is 8.13. The summed E-state index contributed by atoms with van der Waals surface area (Å²) in [7, 11) is 4.19. The maximum absolute atomic E-state index is 4.91. The summed E-state index contributed by atoms with van der Waals surface area (Å²) in [5, 5.41) is 8.18. The van der Waals surface area contributed by atoms with Gasteiger partial charge in [0.15, 0.2) is 0 Å². The summed E-state index contributed by atoms with van der Waals surface area (Å²) < 4.78 is 2.05. The highest BCUT2D eigenvalue weighted by Gasteiger charge is 2.22. The molecule has 0 bridgehead atoms. The van der Waals surface area contributed by atoms with Gasteiger partial charge in [0.25, 0.3) is 0 Å². The number of nitrogens with one attached hydrogen (secondary N) is 2. The number of likely N-dealkylation sites (N-methyl/N-ethyl adjacent to an activating group) is 1. The fourth-order valence-corrected chi connectivity index (χ4v) is 4.85. The quantitative estimate of drug-likeness (QED) is 0.505. The summed E-state index contributed by atoms with van der Waals surface area (Å²) in [6.07, 6.45) is 5.86. The van der Waals surface area contributed by atoms with Gasteiger partial charge in [0.05, 0.1) is 17.6 Å². The number of pyridine rings is 3. The Hall–Kier alpha value is -3.49. The number of anilines is 3. The van der Waals surface area contributed by atoms with Crippen molar-refractivity contribution in [3.05, 3.63) is 60.0 Å². The van der Waals surface area contributed by atoms with Crippen molar-refractivity contribution in [1.29, 1.82) is 0 Å². The van der Waals surface area contributed by atoms with Gasteiger partial charge in [0.2, 0.25) is 0 Å². The third kappa shape index (κ3) is 3.61. The largest absolute Gasteiger partial charge is 0.354 e. The number of aryl methyl sites for hydroxylation is 1. The molecular formula is C25H28N8. The number of piperazine rings is 1. The Bertz CT molecular complexity index is 1320. The lowest BCUT2D eigenvalue weighted by molar-refractivity contribution is 0.312. The van der Waals surface area contributed by atoms with Gasteiger partial charge in [-0.3, -0.25) is 4.98 Å². The molecule has 8 nitrogen and oxygen atoms in total. The third-order valence-corrected chi connectivity index (χ3v) is 6.75. The smallest absolute Gasteiger partial charge is 0.140 e. The highest BCUT2D eigenvalue weighted by molar-refractivity contribution is 5.93. The molecule has 2 aliphatic heterocycles. The first kappa shape index (κ1) is 20.1. The maximum atomic E-state index is 4.91. The molecule has 8 heteroatoms. The zero-order chi connectivity index (χ0) is 22.4. The second-order valence-electron chi connectivity index (χ2n) is 8.90. The summed E-state index contributed by atoms with van der Waals surface area (Å²) in [5.74, 6) is 1.88. The normalized spacial score (nSPS) is 16.4. The number of hydrogen-bond donors (Lipinski definition) is 2. The van der Waals surface area contributed by atoms with Crippen molar-refractivity contribution in [1.82, 2.24) is 29.7 Å². The molecule has 2 aliphatic rings. The minimum atomic E-state index is 0.804. The highest BCUT2D eigenvalue weighted by atomic mass is 15.3. The van der Waals surface area contributed by atoms with Gasteiger partial charge in [-0.1, -0.05) is 6.07 Å². The third-order valence-electron chi connectivity index (χ3n) is 6.75. The summed E-state index contributed by atoms with van der Waals surface area (Å²) in [6.45, 7) is 5.75. The van der Waals surface area contributed by atoms with E-state index in [0.717, 1.165) is 78.9 Å². The molecule has 1 saturated heterocycles. The molecule has 6 rings (SSSR count). The lowest BCUT2D eigenvalue weighted by Crippen LogP contribution is -2.44. The monoisotopic (exact) mass is 440 g/mol. The van der Waals surface area contributed by atoms with E-state index in [1.165, 1.54) is 11.1 Å². The molecule has 4 aromatic rings. The first-order valence-corrected chi connectivity index (χ1v) is 11.5. The summed E-state index contributed by atoms with van der Waals surface area (Å²) >= 11 is 0. The van der Waals surface area contributed by atoms with Gasteiger partial charge in [0.1, 0.15) is 17.3 Å². The Balaban J connectivity index is 1.33. The SMILES string of the molecule is CN1CCN(c2cccc(Nc3cnc(-c4ccnc5c4ccn5C)c4c3CNC4)n2)CC1. The molecule has 168 valence electrons. The molecule has 2 N–H and O–H groups in total. The number of hydrogen-bond acceptors (Lipinski definition) is 7. The van der Waals surface area contributed by atoms with Crippen LogP contribution >= 0.6 is 0 Å². The number of nitrogens with zero attached hydrogens (tertiary/aromatic N) is 6. The van der Waals surface area contributed by atoms with Crippen molar-refractivity contribution < 1.29 is 0 Å². The van der Waals surface area contributed by atoms with E-state index >= 15 is 0 Å². The topological polar surface area (TPSA) is 74.1 Å². The first-order chi connectivity index (χ1) is 16.2. The van der Waals surface area contributed by atoms with Gasteiger partial charge in [0, 0.05) is 69.7 Å². The van der Waals surface area contributed by atoms with E-state index in [1.54, 1.807) is 0 Å². The Labute approximate surface area is 193 Å². The molecule has 0 radical (unpaired) electrons. The van der Waals surface area contributed by atoms with Crippen LogP contribution in [0.25, 0.3) is 22.3 Å². The second-order valence-corrected chi connectivity index (χ2v) is 8.90. The fraction of sp³-hybridized carbons (Fsp3) is 0.320. The van der Waals surface area contributed by atoms with Crippen LogP contribution in [0.5, 0.6) is 0 Å². The van der Waals surface area contributed by atoms with Crippen LogP contribution in [0.2, 0.25) is 0 Å². The van der Waals surface area contributed by atoms with Crippen molar-refractivity contribution >= 4 is 28.4 Å². The molecule has 0 saturated carbocycles. The Morgan fingerprint density at radius 2 is 1.79 bits per heavy atom. The molecule has 4 aromatic heterocycles. The van der Waals surface area contributed by atoms with Crippen LogP contribution < -0.4 is 15.5 Å². The molecule has 0 atom stereocenters. The summed E-state index contributed by atoms with van der Waals surface area (Å²) in [6, 6.07) is 10.4. The predicted molar refractivity (Wildman–Crippen MR) is 132 cm³/mol. The Morgan fingerprint density at radius 1 is 0.939 bits per heavy atom. The lowest BCUT2D eigenvalue weighted by Gasteiger charge is -2.33. The van der Waals surface area contributed by atoms with Crippen LogP contribution in [0.3, 0.4) is 0 Å². The predicted octanol–water partition coefficient (Wildman–Crippen LogP) is 3.13. The van der Waals surface area contributed by atoms with Crippen molar-refractivity contribution in [2.45, 2.75) is 13.1 Å². The average molecular weight is 441 g/mol. The van der Waals surface area contributed by atoms with Crippen LogP contribution in [0.1, 0.15) is 11.1 Å². The van der Waals surface area contributed by atoms with Gasteiger partial charge in [-0.05, 0) is 42.4 Å². The van der Waals surface area contributed by atoms with Gasteiger partial charge >= 0.3 is 0 Å². The van der Waals surface area contributed by atoms with E-state index < -0.39 is 0 Å². The molecule has 0 amide bonds. The molecular weight excluding hydrogens is 412 g/mol. The van der Waals surface area contributed by atoms with Crippen molar-refractivity contribution in [3.8, 4) is 11.3 Å². The van der Waals surface area contributed by atoms with Crippen LogP contribution in [0, 0.1) is 0 Å². The zero-order valence-corrected chi connectivity index (χ0v) is 19.0. The molecule has 6 heterocycles. The standard InChI is InChI=1S/C25H28N8/c1-31-10-12-33(13-11-31)23-5-3-4-22(30-23)29-21-16-28-24(20-15-26-14-19(20)21)17-6-8-27-25-18(17)7-9-32(25)2/h3-9,16,26H,10-15H2,1-2H3,(H,29,30). The van der Waals surface area contributed by atoms with Crippen LogP contribution in [0.15, 0.2) is 48.9 Å². The Morgan fingerprint density at radius 3 is 2.67 bits per heavy atom. The van der Waals surface area contributed by atoms with E-state index in [-0.39, 0.29) is 0 Å². The van der Waals surface area contributed by atoms with E-state index in [0.29, 0.717) is 0 Å². The molecule has 1 fully saturated rings. The summed E-state index contributed by atoms with van der Waals surface area (Å²) in [4.78, 5) is 19.1. The highest BCUT2D eigenvalue weighted by Crippen LogP contribution is 2.36. The minimum absolute atomic E-state index is 0.804. The molecule has 33 heavy (non-hydrogen) atoms. The van der Waals surface area contributed by atoms with Gasteiger partial charge in [-0.15, -0.1) is 0 Å².